The topological polar surface area (TPSA) is 63.8 Å². The number of aliphatic hydroxyl groups excluding tert-OH is 1. The summed E-state index contributed by atoms with van der Waals surface area (Å²) in [6.45, 7) is 7.62. The fraction of sp³-hybridized carbons (Fsp3) is 0.238. The molecule has 0 saturated carbocycles. The molecule has 2 heterocycles. The molecule has 0 aliphatic carbocycles. The second-order valence-electron chi connectivity index (χ2n) is 6.31. The standard InChI is InChI=1S/C21H21ClN2O3/c1-5-27-21(26)19-13(3)23-18(20(19)25)10-15-9-12(2)24(14(15)4)17-8-6-7-16(22)11-17/h6-11,25H,5H2,1-4H3/b18-10-. The van der Waals surface area contributed by atoms with Crippen molar-refractivity contribution in [1.29, 1.82) is 0 Å². The van der Waals surface area contributed by atoms with Crippen molar-refractivity contribution in [2.75, 3.05) is 6.61 Å². The van der Waals surface area contributed by atoms with E-state index in [1.165, 1.54) is 0 Å². The van der Waals surface area contributed by atoms with Gasteiger partial charge in [-0.05, 0) is 63.6 Å². The fourth-order valence-electron chi connectivity index (χ4n) is 3.23. The van der Waals surface area contributed by atoms with Crippen molar-refractivity contribution in [2.45, 2.75) is 27.7 Å². The first-order valence-corrected chi connectivity index (χ1v) is 9.04. The number of hydrogen-bond donors (Lipinski definition) is 1. The van der Waals surface area contributed by atoms with Crippen LogP contribution in [-0.2, 0) is 9.53 Å². The van der Waals surface area contributed by atoms with E-state index in [2.05, 4.69) is 9.56 Å². The van der Waals surface area contributed by atoms with E-state index in [0.717, 1.165) is 22.6 Å². The highest BCUT2D eigenvalue weighted by molar-refractivity contribution is 6.30. The summed E-state index contributed by atoms with van der Waals surface area (Å²) in [6, 6.07) is 9.62. The number of benzene rings is 1. The van der Waals surface area contributed by atoms with Crippen LogP contribution < -0.4 is 0 Å². The summed E-state index contributed by atoms with van der Waals surface area (Å²) in [7, 11) is 0. The van der Waals surface area contributed by atoms with Gasteiger partial charge < -0.3 is 14.4 Å². The van der Waals surface area contributed by atoms with E-state index in [1.54, 1.807) is 19.9 Å². The first-order chi connectivity index (χ1) is 12.8. The van der Waals surface area contributed by atoms with Gasteiger partial charge in [-0.15, -0.1) is 0 Å². The summed E-state index contributed by atoms with van der Waals surface area (Å²) in [5, 5.41) is 11.1. The molecule has 27 heavy (non-hydrogen) atoms. The van der Waals surface area contributed by atoms with Crippen LogP contribution in [0.2, 0.25) is 5.02 Å². The highest BCUT2D eigenvalue weighted by atomic mass is 35.5. The van der Waals surface area contributed by atoms with Crippen LogP contribution in [-0.4, -0.2) is 28.0 Å². The number of aliphatic hydroxyl groups is 1. The molecule has 0 spiro atoms. The van der Waals surface area contributed by atoms with Gasteiger partial charge in [-0.1, -0.05) is 17.7 Å². The zero-order chi connectivity index (χ0) is 19.7. The molecule has 3 rings (SSSR count). The summed E-state index contributed by atoms with van der Waals surface area (Å²) < 4.78 is 7.08. The lowest BCUT2D eigenvalue weighted by Crippen LogP contribution is -2.13. The summed E-state index contributed by atoms with van der Waals surface area (Å²) >= 11 is 6.12. The van der Waals surface area contributed by atoms with Gasteiger partial charge in [-0.3, -0.25) is 0 Å². The predicted molar refractivity (Wildman–Crippen MR) is 108 cm³/mol. The molecule has 1 aromatic carbocycles. The molecule has 1 aliphatic heterocycles. The highest BCUT2D eigenvalue weighted by Crippen LogP contribution is 2.29. The normalized spacial score (nSPS) is 15.4. The second kappa shape index (κ2) is 7.45. The Morgan fingerprint density at radius 2 is 2.04 bits per heavy atom. The largest absolute Gasteiger partial charge is 0.505 e. The molecule has 1 aromatic heterocycles. The Morgan fingerprint density at radius 1 is 1.30 bits per heavy atom. The lowest BCUT2D eigenvalue weighted by Gasteiger charge is -2.10. The summed E-state index contributed by atoms with van der Waals surface area (Å²) in [5.41, 5.74) is 4.77. The van der Waals surface area contributed by atoms with Crippen molar-refractivity contribution in [3.8, 4) is 5.69 Å². The van der Waals surface area contributed by atoms with Crippen molar-refractivity contribution in [2.24, 2.45) is 4.99 Å². The van der Waals surface area contributed by atoms with Gasteiger partial charge in [0.15, 0.2) is 5.76 Å². The van der Waals surface area contributed by atoms with E-state index in [0.29, 0.717) is 16.4 Å². The summed E-state index contributed by atoms with van der Waals surface area (Å²) in [6.07, 6.45) is 1.77. The van der Waals surface area contributed by atoms with Gasteiger partial charge in [0.05, 0.1) is 12.3 Å². The van der Waals surface area contributed by atoms with Gasteiger partial charge >= 0.3 is 5.97 Å². The van der Waals surface area contributed by atoms with Crippen LogP contribution in [0, 0.1) is 13.8 Å². The monoisotopic (exact) mass is 384 g/mol. The number of ether oxygens (including phenoxy) is 1. The van der Waals surface area contributed by atoms with Crippen LogP contribution in [0.4, 0.5) is 0 Å². The van der Waals surface area contributed by atoms with Crippen LogP contribution in [0.5, 0.6) is 0 Å². The van der Waals surface area contributed by atoms with Crippen LogP contribution in [0.1, 0.15) is 30.8 Å². The molecule has 0 amide bonds. The number of hydrogen-bond acceptors (Lipinski definition) is 4. The van der Waals surface area contributed by atoms with E-state index in [4.69, 9.17) is 16.3 Å². The lowest BCUT2D eigenvalue weighted by molar-refractivity contribution is -0.138. The molecule has 0 fully saturated rings. The van der Waals surface area contributed by atoms with Gasteiger partial charge in [0.1, 0.15) is 11.3 Å². The van der Waals surface area contributed by atoms with Crippen molar-refractivity contribution < 1.29 is 14.6 Å². The Balaban J connectivity index is 2.04. The first kappa shape index (κ1) is 19.0. The molecule has 0 bridgehead atoms. The quantitative estimate of drug-likeness (QED) is 0.759. The van der Waals surface area contributed by atoms with E-state index < -0.39 is 5.97 Å². The molecule has 2 aromatic rings. The number of aliphatic imine (C=N–C) groups is 1. The molecule has 5 nitrogen and oxygen atoms in total. The molecule has 0 saturated heterocycles. The molecule has 0 radical (unpaired) electrons. The second-order valence-corrected chi connectivity index (χ2v) is 6.75. The smallest absolute Gasteiger partial charge is 0.343 e. The molecule has 6 heteroatoms. The Labute approximate surface area is 163 Å². The number of esters is 1. The summed E-state index contributed by atoms with van der Waals surface area (Å²) in [4.78, 5) is 16.4. The molecular weight excluding hydrogens is 364 g/mol. The number of halogens is 1. The van der Waals surface area contributed by atoms with E-state index in [1.807, 2.05) is 44.2 Å². The maximum Gasteiger partial charge on any atom is 0.343 e. The van der Waals surface area contributed by atoms with Crippen LogP contribution in [0.15, 0.2) is 52.4 Å². The SMILES string of the molecule is CCOC(=O)C1=C(O)/C(=C/c2cc(C)n(-c3cccc(Cl)c3)c2C)N=C1C. The minimum Gasteiger partial charge on any atom is -0.505 e. The van der Waals surface area contributed by atoms with Crippen LogP contribution >= 0.6 is 11.6 Å². The Bertz CT molecular complexity index is 1010. The van der Waals surface area contributed by atoms with E-state index in [-0.39, 0.29) is 17.9 Å². The zero-order valence-electron chi connectivity index (χ0n) is 15.7. The minimum atomic E-state index is -0.566. The van der Waals surface area contributed by atoms with Crippen molar-refractivity contribution in [1.82, 2.24) is 4.57 Å². The predicted octanol–water partition coefficient (Wildman–Crippen LogP) is 4.94. The number of rotatable bonds is 4. The number of aryl methyl sites for hydroxylation is 1. The van der Waals surface area contributed by atoms with E-state index in [9.17, 15) is 9.90 Å². The Morgan fingerprint density at radius 3 is 2.70 bits per heavy atom. The average molecular weight is 385 g/mol. The highest BCUT2D eigenvalue weighted by Gasteiger charge is 2.28. The maximum absolute atomic E-state index is 12.0. The Hall–Kier alpha value is -2.79. The van der Waals surface area contributed by atoms with Crippen molar-refractivity contribution in [3.05, 3.63) is 69.3 Å². The van der Waals surface area contributed by atoms with E-state index >= 15 is 0 Å². The molecule has 0 atom stereocenters. The number of carbonyl (C=O) groups excluding carboxylic acids is 1. The molecule has 1 aliphatic rings. The lowest BCUT2D eigenvalue weighted by atomic mass is 10.1. The van der Waals surface area contributed by atoms with Crippen molar-refractivity contribution in [3.63, 3.8) is 0 Å². The minimum absolute atomic E-state index is 0.117. The van der Waals surface area contributed by atoms with Crippen molar-refractivity contribution >= 4 is 29.4 Å². The van der Waals surface area contributed by atoms with Crippen LogP contribution in [0.3, 0.4) is 0 Å². The third-order valence-corrected chi connectivity index (χ3v) is 4.67. The first-order valence-electron chi connectivity index (χ1n) is 8.66. The third-order valence-electron chi connectivity index (χ3n) is 4.44. The fourth-order valence-corrected chi connectivity index (χ4v) is 3.42. The molecular formula is C21H21ClN2O3. The molecule has 1 N–H and O–H groups in total. The zero-order valence-corrected chi connectivity index (χ0v) is 16.5. The maximum atomic E-state index is 12.0. The number of nitrogens with zero attached hydrogens (tertiary/aromatic N) is 2. The number of carbonyl (C=O) groups is 1. The van der Waals surface area contributed by atoms with Gasteiger partial charge in [0.2, 0.25) is 0 Å². The Kier molecular flexibility index (Phi) is 5.24. The third kappa shape index (κ3) is 3.55. The van der Waals surface area contributed by atoms with Gasteiger partial charge in [0, 0.05) is 22.1 Å². The molecule has 0 unspecified atom stereocenters. The molecule has 140 valence electrons. The van der Waals surface area contributed by atoms with Crippen LogP contribution in [0.25, 0.3) is 11.8 Å². The van der Waals surface area contributed by atoms with Gasteiger partial charge in [0.25, 0.3) is 0 Å². The average Bonchev–Trinajstić information content (AvgIpc) is 3.03. The number of aromatic nitrogens is 1. The van der Waals surface area contributed by atoms with Gasteiger partial charge in [-0.25, -0.2) is 9.79 Å². The summed E-state index contributed by atoms with van der Waals surface area (Å²) in [5.74, 6) is -0.720. The van der Waals surface area contributed by atoms with Gasteiger partial charge in [-0.2, -0.15) is 0 Å².